The van der Waals surface area contributed by atoms with Gasteiger partial charge in [0.25, 0.3) is 5.69 Å². The molecule has 1 aromatic carbocycles. The second-order valence-corrected chi connectivity index (χ2v) is 6.64. The van der Waals surface area contributed by atoms with Crippen molar-refractivity contribution in [3.05, 3.63) is 39.9 Å². The Morgan fingerprint density at radius 2 is 2.05 bits per heavy atom. The van der Waals surface area contributed by atoms with Crippen LogP contribution in [0.1, 0.15) is 52.1 Å². The molecule has 2 atom stereocenters. The summed E-state index contributed by atoms with van der Waals surface area (Å²) in [6, 6.07) is 6.68. The van der Waals surface area contributed by atoms with Crippen LogP contribution in [0.3, 0.4) is 0 Å². The molecule has 5 heteroatoms. The zero-order valence-corrected chi connectivity index (χ0v) is 13.3. The van der Waals surface area contributed by atoms with Crippen molar-refractivity contribution in [1.29, 1.82) is 0 Å². The van der Waals surface area contributed by atoms with E-state index in [2.05, 4.69) is 26.1 Å². The molecule has 1 aromatic rings. The number of nitrogens with zero attached hydrogens (tertiary/aromatic N) is 1. The molecule has 0 amide bonds. The molecule has 2 unspecified atom stereocenters. The molecule has 0 radical (unpaired) electrons. The standard InChI is InChI=1S/C16H26N2O3/c1-5-15(17-11-14(19)10-16(2,3)4)12-7-6-8-13(9-12)18(20)21/h6-9,14-15,17,19H,5,10-11H2,1-4H3. The molecule has 1 rings (SSSR count). The van der Waals surface area contributed by atoms with Crippen LogP contribution in [0, 0.1) is 15.5 Å². The molecule has 0 aliphatic heterocycles. The number of nitro groups is 1. The number of aliphatic hydroxyl groups excluding tert-OH is 1. The first-order valence-electron chi connectivity index (χ1n) is 7.38. The van der Waals surface area contributed by atoms with Crippen molar-refractivity contribution in [1.82, 2.24) is 5.32 Å². The Balaban J connectivity index is 2.67. The van der Waals surface area contributed by atoms with Gasteiger partial charge in [-0.25, -0.2) is 0 Å². The van der Waals surface area contributed by atoms with E-state index in [0.717, 1.165) is 12.0 Å². The van der Waals surface area contributed by atoms with Gasteiger partial charge in [0, 0.05) is 24.7 Å². The first-order valence-corrected chi connectivity index (χ1v) is 7.38. The lowest BCUT2D eigenvalue weighted by molar-refractivity contribution is -0.384. The molecule has 0 aliphatic rings. The van der Waals surface area contributed by atoms with Gasteiger partial charge in [-0.15, -0.1) is 0 Å². The predicted octanol–water partition coefficient (Wildman–Crippen LogP) is 3.43. The molecule has 0 fully saturated rings. The van der Waals surface area contributed by atoms with Crippen molar-refractivity contribution < 1.29 is 10.0 Å². The maximum Gasteiger partial charge on any atom is 0.269 e. The lowest BCUT2D eigenvalue weighted by Crippen LogP contribution is -2.32. The average molecular weight is 294 g/mol. The van der Waals surface area contributed by atoms with E-state index in [-0.39, 0.29) is 22.1 Å². The van der Waals surface area contributed by atoms with E-state index < -0.39 is 6.10 Å². The fourth-order valence-corrected chi connectivity index (χ4v) is 2.41. The predicted molar refractivity (Wildman–Crippen MR) is 84.2 cm³/mol. The van der Waals surface area contributed by atoms with Gasteiger partial charge in [0.05, 0.1) is 11.0 Å². The van der Waals surface area contributed by atoms with Crippen molar-refractivity contribution in [3.8, 4) is 0 Å². The van der Waals surface area contributed by atoms with E-state index in [4.69, 9.17) is 0 Å². The van der Waals surface area contributed by atoms with Crippen LogP contribution in [0.4, 0.5) is 5.69 Å². The van der Waals surface area contributed by atoms with Gasteiger partial charge in [0.15, 0.2) is 0 Å². The number of hydrogen-bond acceptors (Lipinski definition) is 4. The van der Waals surface area contributed by atoms with Gasteiger partial charge in [-0.05, 0) is 23.8 Å². The molecule has 0 saturated carbocycles. The lowest BCUT2D eigenvalue weighted by Gasteiger charge is -2.25. The summed E-state index contributed by atoms with van der Waals surface area (Å²) in [6.07, 6.45) is 1.10. The highest BCUT2D eigenvalue weighted by Gasteiger charge is 2.18. The molecular formula is C16H26N2O3. The number of hydrogen-bond donors (Lipinski definition) is 2. The van der Waals surface area contributed by atoms with Gasteiger partial charge in [-0.2, -0.15) is 0 Å². The third kappa shape index (κ3) is 6.23. The van der Waals surface area contributed by atoms with E-state index in [1.54, 1.807) is 12.1 Å². The second-order valence-electron chi connectivity index (χ2n) is 6.64. The van der Waals surface area contributed by atoms with Crippen LogP contribution in [-0.4, -0.2) is 22.7 Å². The zero-order valence-electron chi connectivity index (χ0n) is 13.3. The highest BCUT2D eigenvalue weighted by atomic mass is 16.6. The molecule has 21 heavy (non-hydrogen) atoms. The van der Waals surface area contributed by atoms with E-state index in [1.165, 1.54) is 6.07 Å². The summed E-state index contributed by atoms with van der Waals surface area (Å²) in [7, 11) is 0. The van der Waals surface area contributed by atoms with Gasteiger partial charge < -0.3 is 10.4 Å². The third-order valence-corrected chi connectivity index (χ3v) is 3.34. The van der Waals surface area contributed by atoms with Gasteiger partial charge in [-0.3, -0.25) is 10.1 Å². The van der Waals surface area contributed by atoms with Crippen LogP contribution in [0.2, 0.25) is 0 Å². The monoisotopic (exact) mass is 294 g/mol. The fraction of sp³-hybridized carbons (Fsp3) is 0.625. The van der Waals surface area contributed by atoms with E-state index in [1.807, 2.05) is 13.0 Å². The average Bonchev–Trinajstić information content (AvgIpc) is 2.37. The van der Waals surface area contributed by atoms with Crippen LogP contribution in [-0.2, 0) is 0 Å². The smallest absolute Gasteiger partial charge is 0.269 e. The minimum absolute atomic E-state index is 0.0134. The Labute approximate surface area is 126 Å². The topological polar surface area (TPSA) is 75.4 Å². The molecule has 0 saturated heterocycles. The molecule has 0 aliphatic carbocycles. The highest BCUT2D eigenvalue weighted by molar-refractivity contribution is 5.35. The summed E-state index contributed by atoms with van der Waals surface area (Å²) in [5.74, 6) is 0. The van der Waals surface area contributed by atoms with E-state index >= 15 is 0 Å². The second kappa shape index (κ2) is 7.52. The Kier molecular flexibility index (Phi) is 6.30. The van der Waals surface area contributed by atoms with E-state index in [9.17, 15) is 15.2 Å². The number of aliphatic hydroxyl groups is 1. The number of rotatable bonds is 7. The van der Waals surface area contributed by atoms with E-state index in [0.29, 0.717) is 13.0 Å². The largest absolute Gasteiger partial charge is 0.392 e. The van der Waals surface area contributed by atoms with Crippen LogP contribution in [0.5, 0.6) is 0 Å². The molecule has 2 N–H and O–H groups in total. The van der Waals surface area contributed by atoms with Gasteiger partial charge in [0.2, 0.25) is 0 Å². The third-order valence-electron chi connectivity index (χ3n) is 3.34. The first-order chi connectivity index (χ1) is 9.73. The number of nitro benzene ring substituents is 1. The summed E-state index contributed by atoms with van der Waals surface area (Å²) in [5.41, 5.74) is 1.06. The number of benzene rings is 1. The summed E-state index contributed by atoms with van der Waals surface area (Å²) >= 11 is 0. The normalized spacial score (nSPS) is 14.7. The highest BCUT2D eigenvalue weighted by Crippen LogP contribution is 2.23. The minimum atomic E-state index is -0.419. The number of nitrogens with one attached hydrogen (secondary N) is 1. The summed E-state index contributed by atoms with van der Waals surface area (Å²) in [5, 5.41) is 24.2. The summed E-state index contributed by atoms with van der Waals surface area (Å²) < 4.78 is 0. The maximum atomic E-state index is 10.8. The summed E-state index contributed by atoms with van der Waals surface area (Å²) in [6.45, 7) is 8.78. The Hall–Kier alpha value is -1.46. The van der Waals surface area contributed by atoms with Crippen LogP contribution >= 0.6 is 0 Å². The Morgan fingerprint density at radius 3 is 2.57 bits per heavy atom. The molecule has 5 nitrogen and oxygen atoms in total. The van der Waals surface area contributed by atoms with Crippen LogP contribution in [0.15, 0.2) is 24.3 Å². The number of non-ortho nitro benzene ring substituents is 1. The van der Waals surface area contributed by atoms with Crippen molar-refractivity contribution in [2.75, 3.05) is 6.54 Å². The zero-order chi connectivity index (χ0) is 16.0. The SMILES string of the molecule is CCC(NCC(O)CC(C)(C)C)c1cccc([N+](=O)[O-])c1. The molecule has 0 aromatic heterocycles. The van der Waals surface area contributed by atoms with Crippen molar-refractivity contribution in [2.24, 2.45) is 5.41 Å². The van der Waals surface area contributed by atoms with Crippen molar-refractivity contribution in [3.63, 3.8) is 0 Å². The first kappa shape index (κ1) is 17.6. The Morgan fingerprint density at radius 1 is 1.38 bits per heavy atom. The molecular weight excluding hydrogens is 268 g/mol. The maximum absolute atomic E-state index is 10.8. The molecule has 118 valence electrons. The fourth-order valence-electron chi connectivity index (χ4n) is 2.41. The van der Waals surface area contributed by atoms with Gasteiger partial charge in [0.1, 0.15) is 0 Å². The molecule has 0 bridgehead atoms. The Bertz CT molecular complexity index is 469. The van der Waals surface area contributed by atoms with Crippen LogP contribution in [0.25, 0.3) is 0 Å². The van der Waals surface area contributed by atoms with Crippen LogP contribution < -0.4 is 5.32 Å². The lowest BCUT2D eigenvalue weighted by atomic mass is 9.89. The molecule has 0 heterocycles. The molecule has 0 spiro atoms. The van der Waals surface area contributed by atoms with Crippen molar-refractivity contribution >= 4 is 5.69 Å². The quantitative estimate of drug-likeness (QED) is 0.596. The summed E-state index contributed by atoms with van der Waals surface area (Å²) in [4.78, 5) is 10.4. The van der Waals surface area contributed by atoms with Gasteiger partial charge >= 0.3 is 0 Å². The minimum Gasteiger partial charge on any atom is -0.392 e. The van der Waals surface area contributed by atoms with Crippen molar-refractivity contribution in [2.45, 2.75) is 52.7 Å². The van der Waals surface area contributed by atoms with Gasteiger partial charge in [-0.1, -0.05) is 39.8 Å².